The van der Waals surface area contributed by atoms with E-state index in [1.165, 1.54) is 18.4 Å². The van der Waals surface area contributed by atoms with Crippen LogP contribution in [0.25, 0.3) is 0 Å². The highest BCUT2D eigenvalue weighted by molar-refractivity contribution is 5.89. The van der Waals surface area contributed by atoms with Crippen molar-refractivity contribution < 1.29 is 4.79 Å². The summed E-state index contributed by atoms with van der Waals surface area (Å²) in [6.45, 7) is 6.28. The molecule has 0 spiro atoms. The summed E-state index contributed by atoms with van der Waals surface area (Å²) in [5, 5.41) is 6.07. The average Bonchev–Trinajstić information content (AvgIpc) is 3.10. The zero-order valence-corrected chi connectivity index (χ0v) is 15.0. The third kappa shape index (κ3) is 4.60. The van der Waals surface area contributed by atoms with Crippen LogP contribution in [0.5, 0.6) is 0 Å². The van der Waals surface area contributed by atoms with Crippen molar-refractivity contribution in [2.24, 2.45) is 0 Å². The van der Waals surface area contributed by atoms with Gasteiger partial charge in [0.2, 0.25) is 0 Å². The van der Waals surface area contributed by atoms with Gasteiger partial charge in [0.25, 0.3) is 0 Å². The van der Waals surface area contributed by atoms with Crippen LogP contribution in [0, 0.1) is 6.92 Å². The van der Waals surface area contributed by atoms with Crippen LogP contribution in [0.2, 0.25) is 0 Å². The van der Waals surface area contributed by atoms with Gasteiger partial charge in [-0.3, -0.25) is 4.90 Å². The standard InChI is InChI=1S/C21H27N3O/c1-16-9-8-12-19(15-16)23-21(25)22-17(2)20(24-13-6-7-14-24)18-10-4-3-5-11-18/h3-5,8-12,15,17,20H,6-7,13-14H2,1-2H3,(H2,22,23,25)/t17-,20-/m0/s1. The van der Waals surface area contributed by atoms with E-state index in [1.54, 1.807) is 0 Å². The Hall–Kier alpha value is -2.33. The van der Waals surface area contributed by atoms with Gasteiger partial charge in [-0.15, -0.1) is 0 Å². The number of benzene rings is 2. The fourth-order valence-electron chi connectivity index (χ4n) is 3.66. The van der Waals surface area contributed by atoms with Crippen LogP contribution >= 0.6 is 0 Å². The molecule has 0 bridgehead atoms. The molecule has 1 fully saturated rings. The van der Waals surface area contributed by atoms with E-state index in [2.05, 4.69) is 46.7 Å². The van der Waals surface area contributed by atoms with Crippen LogP contribution in [0.1, 0.15) is 36.9 Å². The minimum atomic E-state index is -0.154. The Bertz CT molecular complexity index is 695. The molecule has 1 aliphatic rings. The zero-order chi connectivity index (χ0) is 17.6. The van der Waals surface area contributed by atoms with Crippen molar-refractivity contribution in [2.45, 2.75) is 38.8 Å². The molecule has 1 aliphatic heterocycles. The molecule has 0 aliphatic carbocycles. The van der Waals surface area contributed by atoms with E-state index in [1.807, 2.05) is 37.3 Å². The first-order chi connectivity index (χ1) is 12.1. The Morgan fingerprint density at radius 1 is 1.04 bits per heavy atom. The number of likely N-dealkylation sites (tertiary alicyclic amines) is 1. The predicted octanol–water partition coefficient (Wildman–Crippen LogP) is 4.34. The lowest BCUT2D eigenvalue weighted by Gasteiger charge is -2.33. The van der Waals surface area contributed by atoms with Crippen molar-refractivity contribution in [3.05, 3.63) is 65.7 Å². The Balaban J connectivity index is 1.69. The molecule has 4 nitrogen and oxygen atoms in total. The van der Waals surface area contributed by atoms with Crippen LogP contribution in [-0.2, 0) is 0 Å². The number of hydrogen-bond donors (Lipinski definition) is 2. The van der Waals surface area contributed by atoms with E-state index < -0.39 is 0 Å². The zero-order valence-electron chi connectivity index (χ0n) is 15.0. The number of nitrogens with one attached hydrogen (secondary N) is 2. The van der Waals surface area contributed by atoms with E-state index >= 15 is 0 Å². The minimum Gasteiger partial charge on any atom is -0.333 e. The Morgan fingerprint density at radius 2 is 1.76 bits per heavy atom. The van der Waals surface area contributed by atoms with Gasteiger partial charge >= 0.3 is 6.03 Å². The van der Waals surface area contributed by atoms with Crippen molar-refractivity contribution in [3.8, 4) is 0 Å². The number of rotatable bonds is 5. The molecule has 0 radical (unpaired) electrons. The number of amides is 2. The van der Waals surface area contributed by atoms with Gasteiger partial charge in [-0.25, -0.2) is 4.79 Å². The first kappa shape index (κ1) is 17.5. The molecule has 1 saturated heterocycles. The molecule has 0 saturated carbocycles. The largest absolute Gasteiger partial charge is 0.333 e. The van der Waals surface area contributed by atoms with Crippen LogP contribution in [0.4, 0.5) is 10.5 Å². The average molecular weight is 337 g/mol. The van der Waals surface area contributed by atoms with Gasteiger partial charge in [0.05, 0.1) is 6.04 Å². The fourth-order valence-corrected chi connectivity index (χ4v) is 3.66. The maximum atomic E-state index is 12.4. The highest BCUT2D eigenvalue weighted by Gasteiger charge is 2.29. The third-order valence-corrected chi connectivity index (χ3v) is 4.78. The monoisotopic (exact) mass is 337 g/mol. The molecule has 4 heteroatoms. The molecule has 2 atom stereocenters. The van der Waals surface area contributed by atoms with Gasteiger partial charge < -0.3 is 10.6 Å². The topological polar surface area (TPSA) is 44.4 Å². The number of nitrogens with zero attached hydrogens (tertiary/aromatic N) is 1. The summed E-state index contributed by atoms with van der Waals surface area (Å²) in [6, 6.07) is 18.4. The second kappa shape index (κ2) is 8.17. The highest BCUT2D eigenvalue weighted by Crippen LogP contribution is 2.28. The van der Waals surface area contributed by atoms with E-state index in [0.29, 0.717) is 0 Å². The molecular formula is C21H27N3O. The molecule has 2 amide bonds. The number of aryl methyl sites for hydroxylation is 1. The van der Waals surface area contributed by atoms with Gasteiger partial charge in [0.1, 0.15) is 0 Å². The molecule has 2 aromatic carbocycles. The summed E-state index contributed by atoms with van der Waals surface area (Å²) in [6.07, 6.45) is 2.46. The van der Waals surface area contributed by atoms with Gasteiger partial charge in [0, 0.05) is 11.7 Å². The summed E-state index contributed by atoms with van der Waals surface area (Å²) >= 11 is 0. The van der Waals surface area contributed by atoms with Crippen molar-refractivity contribution in [3.63, 3.8) is 0 Å². The quantitative estimate of drug-likeness (QED) is 0.852. The highest BCUT2D eigenvalue weighted by atomic mass is 16.2. The Kier molecular flexibility index (Phi) is 5.71. The first-order valence-corrected chi connectivity index (χ1v) is 9.06. The molecular weight excluding hydrogens is 310 g/mol. The SMILES string of the molecule is Cc1cccc(NC(=O)N[C@@H](C)[C@@H](c2ccccc2)N2CCCC2)c1. The van der Waals surface area contributed by atoms with Gasteiger partial charge in [-0.05, 0) is 63.0 Å². The number of hydrogen-bond acceptors (Lipinski definition) is 2. The van der Waals surface area contributed by atoms with E-state index in [9.17, 15) is 4.79 Å². The molecule has 3 rings (SSSR count). The summed E-state index contributed by atoms with van der Waals surface area (Å²) in [5.74, 6) is 0. The van der Waals surface area contributed by atoms with Crippen molar-refractivity contribution >= 4 is 11.7 Å². The summed E-state index contributed by atoms with van der Waals surface area (Å²) in [5.41, 5.74) is 3.21. The van der Waals surface area contributed by atoms with Crippen molar-refractivity contribution in [2.75, 3.05) is 18.4 Å². The lowest BCUT2D eigenvalue weighted by atomic mass is 9.99. The smallest absolute Gasteiger partial charge is 0.319 e. The van der Waals surface area contributed by atoms with Crippen molar-refractivity contribution in [1.29, 1.82) is 0 Å². The Morgan fingerprint density at radius 3 is 2.44 bits per heavy atom. The van der Waals surface area contributed by atoms with Gasteiger partial charge in [-0.1, -0.05) is 42.5 Å². The maximum absolute atomic E-state index is 12.4. The lowest BCUT2D eigenvalue weighted by molar-refractivity contribution is 0.197. The fraction of sp³-hybridized carbons (Fsp3) is 0.381. The van der Waals surface area contributed by atoms with E-state index in [0.717, 1.165) is 24.3 Å². The molecule has 0 unspecified atom stereocenters. The second-order valence-electron chi connectivity index (χ2n) is 6.86. The summed E-state index contributed by atoms with van der Waals surface area (Å²) < 4.78 is 0. The second-order valence-corrected chi connectivity index (χ2v) is 6.86. The van der Waals surface area contributed by atoms with Crippen LogP contribution in [-0.4, -0.2) is 30.1 Å². The van der Waals surface area contributed by atoms with Crippen LogP contribution < -0.4 is 10.6 Å². The van der Waals surface area contributed by atoms with Crippen LogP contribution in [0.15, 0.2) is 54.6 Å². The lowest BCUT2D eigenvalue weighted by Crippen LogP contribution is -2.45. The van der Waals surface area contributed by atoms with Crippen LogP contribution in [0.3, 0.4) is 0 Å². The summed E-state index contributed by atoms with van der Waals surface area (Å²) in [4.78, 5) is 14.9. The molecule has 1 heterocycles. The van der Waals surface area contributed by atoms with E-state index in [4.69, 9.17) is 0 Å². The number of carbonyl (C=O) groups is 1. The molecule has 2 N–H and O–H groups in total. The van der Waals surface area contributed by atoms with Crippen molar-refractivity contribution in [1.82, 2.24) is 10.2 Å². The molecule has 132 valence electrons. The number of urea groups is 1. The normalized spacial score (nSPS) is 17.0. The maximum Gasteiger partial charge on any atom is 0.319 e. The number of anilines is 1. The molecule has 2 aromatic rings. The summed E-state index contributed by atoms with van der Waals surface area (Å²) in [7, 11) is 0. The molecule has 25 heavy (non-hydrogen) atoms. The van der Waals surface area contributed by atoms with Gasteiger partial charge in [-0.2, -0.15) is 0 Å². The van der Waals surface area contributed by atoms with E-state index in [-0.39, 0.29) is 18.1 Å². The first-order valence-electron chi connectivity index (χ1n) is 9.06. The molecule has 0 aromatic heterocycles. The Labute approximate surface area is 150 Å². The third-order valence-electron chi connectivity index (χ3n) is 4.78. The number of carbonyl (C=O) groups excluding carboxylic acids is 1. The minimum absolute atomic E-state index is 0.0188. The predicted molar refractivity (Wildman–Crippen MR) is 103 cm³/mol. The van der Waals surface area contributed by atoms with Gasteiger partial charge in [0.15, 0.2) is 0 Å².